The van der Waals surface area contributed by atoms with Crippen LogP contribution in [0, 0.1) is 11.5 Å². The van der Waals surface area contributed by atoms with E-state index in [1.807, 2.05) is 12.1 Å². The summed E-state index contributed by atoms with van der Waals surface area (Å²) < 4.78 is 5.76. The average molecular weight is 308 g/mol. The molecule has 0 unspecified atom stereocenters. The highest BCUT2D eigenvalue weighted by Gasteiger charge is 2.14. The van der Waals surface area contributed by atoms with E-state index in [2.05, 4.69) is 31.1 Å². The zero-order valence-corrected chi connectivity index (χ0v) is 13.7. The van der Waals surface area contributed by atoms with E-state index < -0.39 is 8.07 Å². The lowest BCUT2D eigenvalue weighted by atomic mass is 10.1. The SMILES string of the molecule is C[Si](C)(C)C#Cc1cccc2oc3cccc(O)c3c(=O)c12. The largest absolute Gasteiger partial charge is 0.507 e. The lowest BCUT2D eigenvalue weighted by Crippen LogP contribution is -2.16. The number of aromatic hydroxyl groups is 1. The quantitative estimate of drug-likeness (QED) is 0.389. The van der Waals surface area contributed by atoms with Gasteiger partial charge in [0.15, 0.2) is 0 Å². The van der Waals surface area contributed by atoms with Crippen LogP contribution >= 0.6 is 0 Å². The minimum Gasteiger partial charge on any atom is -0.507 e. The van der Waals surface area contributed by atoms with Gasteiger partial charge in [0.05, 0.1) is 5.39 Å². The van der Waals surface area contributed by atoms with Crippen LogP contribution < -0.4 is 5.43 Å². The van der Waals surface area contributed by atoms with E-state index in [-0.39, 0.29) is 16.6 Å². The molecular formula is C18H16O3Si. The molecule has 2 aromatic carbocycles. The fourth-order valence-corrected chi connectivity index (χ4v) is 2.80. The van der Waals surface area contributed by atoms with Gasteiger partial charge >= 0.3 is 0 Å². The predicted molar refractivity (Wildman–Crippen MR) is 91.9 cm³/mol. The van der Waals surface area contributed by atoms with Gasteiger partial charge in [0.1, 0.15) is 30.4 Å². The van der Waals surface area contributed by atoms with Gasteiger partial charge in [-0.05, 0) is 24.3 Å². The van der Waals surface area contributed by atoms with Gasteiger partial charge in [-0.25, -0.2) is 0 Å². The first-order chi connectivity index (χ1) is 10.4. The van der Waals surface area contributed by atoms with Crippen LogP contribution in [-0.4, -0.2) is 13.2 Å². The summed E-state index contributed by atoms with van der Waals surface area (Å²) in [5, 5.41) is 10.6. The highest BCUT2D eigenvalue weighted by Crippen LogP contribution is 2.26. The van der Waals surface area contributed by atoms with Crippen LogP contribution in [0.1, 0.15) is 5.56 Å². The normalized spacial score (nSPS) is 11.4. The van der Waals surface area contributed by atoms with E-state index in [0.29, 0.717) is 22.1 Å². The van der Waals surface area contributed by atoms with E-state index in [0.717, 1.165) is 0 Å². The molecule has 3 nitrogen and oxygen atoms in total. The molecule has 0 spiro atoms. The zero-order valence-electron chi connectivity index (χ0n) is 12.7. The summed E-state index contributed by atoms with van der Waals surface area (Å²) in [5.41, 5.74) is 4.55. The number of phenols is 1. The minimum atomic E-state index is -1.55. The third kappa shape index (κ3) is 2.51. The number of hydrogen-bond acceptors (Lipinski definition) is 3. The standard InChI is InChI=1S/C18H16O3Si/c1-22(2,3)11-10-12-6-4-8-14-16(12)18(20)17-13(19)7-5-9-15(17)21-14/h4-9,19H,1-3H3. The molecule has 0 atom stereocenters. The number of rotatable bonds is 0. The van der Waals surface area contributed by atoms with E-state index in [9.17, 15) is 9.90 Å². The fourth-order valence-electron chi connectivity index (χ4n) is 2.29. The molecule has 0 saturated heterocycles. The maximum absolute atomic E-state index is 12.8. The van der Waals surface area contributed by atoms with Gasteiger partial charge in [0.2, 0.25) is 5.43 Å². The van der Waals surface area contributed by atoms with Crippen molar-refractivity contribution in [3.8, 4) is 17.2 Å². The van der Waals surface area contributed by atoms with Crippen LogP contribution in [0.2, 0.25) is 19.6 Å². The highest BCUT2D eigenvalue weighted by molar-refractivity contribution is 6.83. The Kier molecular flexibility index (Phi) is 3.31. The van der Waals surface area contributed by atoms with E-state index in [1.165, 1.54) is 6.07 Å². The molecule has 3 aromatic rings. The Morgan fingerprint density at radius 2 is 1.64 bits per heavy atom. The van der Waals surface area contributed by atoms with Gasteiger partial charge in [-0.2, -0.15) is 0 Å². The Hall–Kier alpha value is -2.51. The molecule has 1 heterocycles. The van der Waals surface area contributed by atoms with Crippen LogP contribution in [0.3, 0.4) is 0 Å². The van der Waals surface area contributed by atoms with Crippen molar-refractivity contribution in [3.05, 3.63) is 52.2 Å². The summed E-state index contributed by atoms with van der Waals surface area (Å²) in [6.45, 7) is 6.44. The summed E-state index contributed by atoms with van der Waals surface area (Å²) in [5.74, 6) is 3.05. The molecule has 0 amide bonds. The van der Waals surface area contributed by atoms with Crippen molar-refractivity contribution in [1.82, 2.24) is 0 Å². The number of fused-ring (bicyclic) bond motifs is 2. The third-order valence-electron chi connectivity index (χ3n) is 3.28. The summed E-state index contributed by atoms with van der Waals surface area (Å²) in [4.78, 5) is 12.8. The summed E-state index contributed by atoms with van der Waals surface area (Å²) in [7, 11) is -1.55. The first kappa shape index (κ1) is 14.4. The molecule has 22 heavy (non-hydrogen) atoms. The van der Waals surface area contributed by atoms with Crippen molar-refractivity contribution >= 4 is 30.0 Å². The Balaban J connectivity index is 2.44. The van der Waals surface area contributed by atoms with Crippen molar-refractivity contribution < 1.29 is 9.52 Å². The first-order valence-corrected chi connectivity index (χ1v) is 10.6. The Morgan fingerprint density at radius 1 is 1.00 bits per heavy atom. The molecule has 0 radical (unpaired) electrons. The maximum Gasteiger partial charge on any atom is 0.205 e. The van der Waals surface area contributed by atoms with Crippen molar-refractivity contribution in [2.24, 2.45) is 0 Å². The number of hydrogen-bond donors (Lipinski definition) is 1. The fraction of sp³-hybridized carbons (Fsp3) is 0.167. The van der Waals surface area contributed by atoms with Gasteiger partial charge in [-0.3, -0.25) is 4.79 Å². The Labute approximate surface area is 129 Å². The van der Waals surface area contributed by atoms with E-state index in [4.69, 9.17) is 4.42 Å². The summed E-state index contributed by atoms with van der Waals surface area (Å²) in [6, 6.07) is 10.2. The lowest BCUT2D eigenvalue weighted by molar-refractivity contribution is 0.480. The highest BCUT2D eigenvalue weighted by atomic mass is 28.3. The maximum atomic E-state index is 12.8. The first-order valence-electron chi connectivity index (χ1n) is 7.07. The average Bonchev–Trinajstić information content (AvgIpc) is 2.44. The molecule has 0 aliphatic rings. The van der Waals surface area contributed by atoms with Crippen LogP contribution in [0.4, 0.5) is 0 Å². The molecule has 0 saturated carbocycles. The molecule has 0 bridgehead atoms. The van der Waals surface area contributed by atoms with Crippen molar-refractivity contribution in [2.45, 2.75) is 19.6 Å². The van der Waals surface area contributed by atoms with Gasteiger partial charge in [-0.15, -0.1) is 5.54 Å². The Morgan fingerprint density at radius 3 is 2.32 bits per heavy atom. The molecule has 4 heteroatoms. The Bertz CT molecular complexity index is 998. The molecule has 1 N–H and O–H groups in total. The molecular weight excluding hydrogens is 292 g/mol. The predicted octanol–water partition coefficient (Wildman–Crippen LogP) is 3.88. The number of benzene rings is 2. The van der Waals surface area contributed by atoms with E-state index >= 15 is 0 Å². The smallest absolute Gasteiger partial charge is 0.205 e. The van der Waals surface area contributed by atoms with Crippen LogP contribution in [0.15, 0.2) is 45.6 Å². The van der Waals surface area contributed by atoms with Crippen molar-refractivity contribution in [3.63, 3.8) is 0 Å². The summed E-state index contributed by atoms with van der Waals surface area (Å²) in [6.07, 6.45) is 0. The second-order valence-electron chi connectivity index (χ2n) is 6.26. The topological polar surface area (TPSA) is 50.4 Å². The molecule has 0 fully saturated rings. The van der Waals surface area contributed by atoms with Gasteiger partial charge in [-0.1, -0.05) is 37.7 Å². The molecule has 3 rings (SSSR count). The van der Waals surface area contributed by atoms with Crippen molar-refractivity contribution in [1.29, 1.82) is 0 Å². The molecule has 0 aliphatic carbocycles. The van der Waals surface area contributed by atoms with E-state index in [1.54, 1.807) is 18.2 Å². The monoisotopic (exact) mass is 308 g/mol. The minimum absolute atomic E-state index is 0.0684. The summed E-state index contributed by atoms with van der Waals surface area (Å²) >= 11 is 0. The lowest BCUT2D eigenvalue weighted by Gasteiger charge is -2.06. The second-order valence-corrected chi connectivity index (χ2v) is 11.0. The molecule has 0 aliphatic heterocycles. The van der Waals surface area contributed by atoms with Gasteiger partial charge in [0, 0.05) is 5.56 Å². The molecule has 1 aromatic heterocycles. The van der Waals surface area contributed by atoms with Crippen LogP contribution in [0.25, 0.3) is 21.9 Å². The van der Waals surface area contributed by atoms with Gasteiger partial charge < -0.3 is 9.52 Å². The zero-order chi connectivity index (χ0) is 15.9. The third-order valence-corrected chi connectivity index (χ3v) is 4.15. The van der Waals surface area contributed by atoms with Crippen LogP contribution in [0.5, 0.6) is 5.75 Å². The second kappa shape index (κ2) is 5.04. The van der Waals surface area contributed by atoms with Gasteiger partial charge in [0.25, 0.3) is 0 Å². The van der Waals surface area contributed by atoms with Crippen molar-refractivity contribution in [2.75, 3.05) is 0 Å². The molecule has 110 valence electrons. The number of phenolic OH excluding ortho intramolecular Hbond substituents is 1. The van der Waals surface area contributed by atoms with Crippen LogP contribution in [-0.2, 0) is 0 Å².